The average Bonchev–Trinajstić information content (AvgIpc) is 2.70. The lowest BCUT2D eigenvalue weighted by Crippen LogP contribution is -2.30. The van der Waals surface area contributed by atoms with E-state index in [1.807, 2.05) is 0 Å². The predicted octanol–water partition coefficient (Wildman–Crippen LogP) is 1.34. The predicted molar refractivity (Wildman–Crippen MR) is 67.1 cm³/mol. The molecule has 1 fully saturated rings. The molecule has 2 rings (SSSR count). The molecule has 0 amide bonds. The van der Waals surface area contributed by atoms with Gasteiger partial charge in [-0.05, 0) is 11.6 Å². The Kier molecular flexibility index (Phi) is 3.83. The van der Waals surface area contributed by atoms with E-state index in [9.17, 15) is 10.1 Å². The van der Waals surface area contributed by atoms with Gasteiger partial charge in [0, 0.05) is 25.8 Å². The number of hydrogen-bond donors (Lipinski definition) is 1. The van der Waals surface area contributed by atoms with Crippen LogP contribution in [0.15, 0.2) is 17.4 Å². The summed E-state index contributed by atoms with van der Waals surface area (Å²) in [4.78, 5) is 16.0. The van der Waals surface area contributed by atoms with Crippen molar-refractivity contribution in [2.75, 3.05) is 13.1 Å². The second kappa shape index (κ2) is 5.36. The van der Waals surface area contributed by atoms with Crippen molar-refractivity contribution in [3.63, 3.8) is 0 Å². The fourth-order valence-electron chi connectivity index (χ4n) is 1.62. The van der Waals surface area contributed by atoms with E-state index in [4.69, 9.17) is 23.2 Å². The lowest BCUT2D eigenvalue weighted by molar-refractivity contribution is -0.485. The van der Waals surface area contributed by atoms with Crippen molar-refractivity contribution in [2.24, 2.45) is 5.10 Å². The van der Waals surface area contributed by atoms with Gasteiger partial charge in [-0.15, -0.1) is 0 Å². The number of nitrogens with zero attached hydrogens (tertiary/aromatic N) is 4. The van der Waals surface area contributed by atoms with Crippen molar-refractivity contribution in [2.45, 2.75) is 6.54 Å². The third-order valence-corrected chi connectivity index (χ3v) is 3.05. The molecule has 0 saturated carbocycles. The van der Waals surface area contributed by atoms with Gasteiger partial charge in [0.25, 0.3) is 5.96 Å². The van der Waals surface area contributed by atoms with E-state index < -0.39 is 5.03 Å². The number of hydrogen-bond acceptors (Lipinski definition) is 3. The minimum absolute atomic E-state index is 0.235. The molecule has 0 aromatic carbocycles. The Labute approximate surface area is 113 Å². The first-order valence-electron chi connectivity index (χ1n) is 5.08. The zero-order chi connectivity index (χ0) is 13.1. The Hall–Kier alpha value is -1.60. The van der Waals surface area contributed by atoms with Crippen LogP contribution < -0.4 is 5.32 Å². The number of nitrogens with one attached hydrogen (secondary N) is 1. The molecule has 1 aliphatic heterocycles. The van der Waals surface area contributed by atoms with E-state index in [-0.39, 0.29) is 11.1 Å². The Bertz CT molecular complexity index is 508. The highest BCUT2D eigenvalue weighted by Crippen LogP contribution is 2.20. The van der Waals surface area contributed by atoms with Crippen molar-refractivity contribution < 1.29 is 5.03 Å². The van der Waals surface area contributed by atoms with E-state index >= 15 is 0 Å². The molecule has 0 bridgehead atoms. The highest BCUT2D eigenvalue weighted by atomic mass is 35.5. The maximum atomic E-state index is 10.4. The van der Waals surface area contributed by atoms with Gasteiger partial charge >= 0.3 is 0 Å². The first-order chi connectivity index (χ1) is 8.56. The van der Waals surface area contributed by atoms with Gasteiger partial charge in [-0.25, -0.2) is 15.1 Å². The van der Waals surface area contributed by atoms with Gasteiger partial charge in [0.2, 0.25) is 0 Å². The summed E-state index contributed by atoms with van der Waals surface area (Å²) in [6.07, 6.45) is 1.58. The summed E-state index contributed by atoms with van der Waals surface area (Å²) in [6.45, 7) is 1.68. The van der Waals surface area contributed by atoms with Gasteiger partial charge in [0.05, 0.1) is 5.02 Å². The van der Waals surface area contributed by atoms with Gasteiger partial charge in [-0.1, -0.05) is 23.2 Å². The Morgan fingerprint density at radius 1 is 1.61 bits per heavy atom. The van der Waals surface area contributed by atoms with E-state index in [0.717, 1.165) is 5.56 Å². The van der Waals surface area contributed by atoms with Crippen molar-refractivity contribution >= 4 is 29.2 Å². The third-order valence-electron chi connectivity index (χ3n) is 2.37. The van der Waals surface area contributed by atoms with Crippen LogP contribution in [0.2, 0.25) is 10.2 Å². The molecule has 1 saturated heterocycles. The zero-order valence-electron chi connectivity index (χ0n) is 9.14. The van der Waals surface area contributed by atoms with Crippen molar-refractivity contribution in [1.29, 1.82) is 0 Å². The largest absolute Gasteiger partial charge is 0.349 e. The van der Waals surface area contributed by atoms with Crippen LogP contribution in [-0.4, -0.2) is 34.0 Å². The zero-order valence-corrected chi connectivity index (χ0v) is 10.6. The van der Waals surface area contributed by atoms with E-state index in [1.54, 1.807) is 17.2 Å². The molecule has 96 valence electrons. The average molecular weight is 290 g/mol. The van der Waals surface area contributed by atoms with Crippen molar-refractivity contribution in [3.8, 4) is 0 Å². The second-order valence-corrected chi connectivity index (χ2v) is 4.39. The molecular formula is C9H9Cl2N5O2. The van der Waals surface area contributed by atoms with E-state index in [0.29, 0.717) is 24.7 Å². The summed E-state index contributed by atoms with van der Waals surface area (Å²) in [5.41, 5.74) is 0.809. The molecule has 1 aromatic rings. The van der Waals surface area contributed by atoms with Gasteiger partial charge in [-0.3, -0.25) is 0 Å². The fraction of sp³-hybridized carbons (Fsp3) is 0.333. The van der Waals surface area contributed by atoms with Crippen molar-refractivity contribution in [1.82, 2.24) is 15.2 Å². The summed E-state index contributed by atoms with van der Waals surface area (Å²) in [6, 6.07) is 1.68. The van der Waals surface area contributed by atoms with Gasteiger partial charge in [-0.2, -0.15) is 0 Å². The fourth-order valence-corrected chi connectivity index (χ4v) is 1.91. The van der Waals surface area contributed by atoms with E-state index in [2.05, 4.69) is 15.4 Å². The molecule has 0 unspecified atom stereocenters. The summed E-state index contributed by atoms with van der Waals surface area (Å²) < 4.78 is 0. The quantitative estimate of drug-likeness (QED) is 0.516. The Morgan fingerprint density at radius 3 is 3.06 bits per heavy atom. The van der Waals surface area contributed by atoms with Crippen LogP contribution >= 0.6 is 23.2 Å². The lowest BCUT2D eigenvalue weighted by atomic mass is 10.3. The number of aromatic nitrogens is 1. The summed E-state index contributed by atoms with van der Waals surface area (Å²) in [5.74, 6) is 0.242. The lowest BCUT2D eigenvalue weighted by Gasteiger charge is -2.15. The molecule has 0 aliphatic carbocycles. The normalized spacial score (nSPS) is 17.0. The first kappa shape index (κ1) is 12.8. The van der Waals surface area contributed by atoms with Crippen LogP contribution in [-0.2, 0) is 6.54 Å². The standard InChI is InChI=1S/C9H9Cl2N5O2/c10-7-3-6(4-13-8(7)11)5-15-2-1-12-9(15)14-16(17)18/h3-4H,1-2,5H2,(H,12,14). The van der Waals surface area contributed by atoms with Crippen molar-refractivity contribution in [3.05, 3.63) is 38.1 Å². The van der Waals surface area contributed by atoms with Crippen LogP contribution in [0.4, 0.5) is 0 Å². The molecule has 1 aromatic heterocycles. The van der Waals surface area contributed by atoms with E-state index in [1.165, 1.54) is 0 Å². The number of guanidine groups is 1. The Morgan fingerprint density at radius 2 is 2.39 bits per heavy atom. The summed E-state index contributed by atoms with van der Waals surface area (Å²) >= 11 is 11.6. The number of halogens is 2. The smallest absolute Gasteiger partial charge is 0.271 e. The minimum Gasteiger partial charge on any atom is -0.349 e. The van der Waals surface area contributed by atoms with Crippen LogP contribution in [0.25, 0.3) is 0 Å². The van der Waals surface area contributed by atoms with Gasteiger partial charge < -0.3 is 10.2 Å². The van der Waals surface area contributed by atoms with Crippen LogP contribution in [0, 0.1) is 10.1 Å². The van der Waals surface area contributed by atoms with Crippen LogP contribution in [0.5, 0.6) is 0 Å². The molecule has 18 heavy (non-hydrogen) atoms. The first-order valence-corrected chi connectivity index (χ1v) is 5.83. The minimum atomic E-state index is -0.728. The number of nitro groups is 1. The highest BCUT2D eigenvalue weighted by Gasteiger charge is 2.21. The molecule has 9 heteroatoms. The SMILES string of the molecule is O=[N+]([O-])N=C1NCCN1Cc1cnc(Cl)c(Cl)c1. The molecule has 1 N–H and O–H groups in total. The molecule has 2 heterocycles. The summed E-state index contributed by atoms with van der Waals surface area (Å²) in [5, 5.41) is 16.3. The topological polar surface area (TPSA) is 83.7 Å². The van der Waals surface area contributed by atoms with Gasteiger partial charge in [0.15, 0.2) is 5.03 Å². The highest BCUT2D eigenvalue weighted by molar-refractivity contribution is 6.41. The molecule has 0 spiro atoms. The number of hydrazone groups is 1. The monoisotopic (exact) mass is 289 g/mol. The molecule has 0 atom stereocenters. The maximum Gasteiger partial charge on any atom is 0.271 e. The summed E-state index contributed by atoms with van der Waals surface area (Å²) in [7, 11) is 0. The van der Waals surface area contributed by atoms with Crippen LogP contribution in [0.1, 0.15) is 5.56 Å². The molecule has 7 nitrogen and oxygen atoms in total. The number of pyridine rings is 1. The molecule has 0 radical (unpaired) electrons. The van der Waals surface area contributed by atoms with Gasteiger partial charge in [0.1, 0.15) is 10.3 Å². The Balaban J connectivity index is 2.13. The second-order valence-electron chi connectivity index (χ2n) is 3.63. The van der Waals surface area contributed by atoms with Crippen LogP contribution in [0.3, 0.4) is 0 Å². The maximum absolute atomic E-state index is 10.4. The molecule has 1 aliphatic rings. The number of rotatable bonds is 3. The third kappa shape index (κ3) is 2.99. The molecular weight excluding hydrogens is 281 g/mol.